The number of benzene rings is 1. The summed E-state index contributed by atoms with van der Waals surface area (Å²) in [5, 5.41) is 3.32. The lowest BCUT2D eigenvalue weighted by Gasteiger charge is -2.09. The minimum atomic E-state index is 0. The van der Waals surface area contributed by atoms with Crippen molar-refractivity contribution in [3.8, 4) is 5.88 Å². The van der Waals surface area contributed by atoms with E-state index in [2.05, 4.69) is 15.3 Å². The Hall–Kier alpha value is -1.39. The smallest absolute Gasteiger partial charge is 0.232 e. The van der Waals surface area contributed by atoms with Crippen LogP contribution in [-0.4, -0.2) is 29.7 Å². The van der Waals surface area contributed by atoms with E-state index in [1.54, 1.807) is 6.20 Å². The van der Waals surface area contributed by atoms with E-state index in [0.29, 0.717) is 11.8 Å². The van der Waals surface area contributed by atoms with Crippen LogP contribution < -0.4 is 10.1 Å². The van der Waals surface area contributed by atoms with Gasteiger partial charge in [0.1, 0.15) is 0 Å². The number of nitrogens with zero attached hydrogens (tertiary/aromatic N) is 2. The van der Waals surface area contributed by atoms with E-state index in [1.807, 2.05) is 24.3 Å². The first-order chi connectivity index (χ1) is 8.42. The predicted molar refractivity (Wildman–Crippen MR) is 73.3 cm³/mol. The number of rotatable bonds is 3. The van der Waals surface area contributed by atoms with E-state index in [-0.39, 0.29) is 12.4 Å². The van der Waals surface area contributed by atoms with E-state index in [9.17, 15) is 0 Å². The zero-order valence-electron chi connectivity index (χ0n) is 10.0. The Kier molecular flexibility index (Phi) is 4.33. The molecule has 0 saturated carbocycles. The van der Waals surface area contributed by atoms with Crippen molar-refractivity contribution in [2.45, 2.75) is 6.42 Å². The average molecular weight is 266 g/mol. The van der Waals surface area contributed by atoms with E-state index >= 15 is 0 Å². The number of fused-ring (bicyclic) bond motifs is 1. The minimum Gasteiger partial charge on any atom is -0.476 e. The first-order valence-corrected chi connectivity index (χ1v) is 5.97. The molecule has 5 heteroatoms. The third kappa shape index (κ3) is 2.89. The van der Waals surface area contributed by atoms with Crippen molar-refractivity contribution in [2.24, 2.45) is 5.92 Å². The van der Waals surface area contributed by atoms with Gasteiger partial charge in [0.2, 0.25) is 5.88 Å². The van der Waals surface area contributed by atoms with Crippen molar-refractivity contribution in [2.75, 3.05) is 19.7 Å². The summed E-state index contributed by atoms with van der Waals surface area (Å²) in [5.41, 5.74) is 1.79. The second-order valence-electron chi connectivity index (χ2n) is 4.37. The van der Waals surface area contributed by atoms with E-state index in [0.717, 1.165) is 30.7 Å². The summed E-state index contributed by atoms with van der Waals surface area (Å²) >= 11 is 0. The van der Waals surface area contributed by atoms with Crippen molar-refractivity contribution in [1.29, 1.82) is 0 Å². The van der Waals surface area contributed by atoms with E-state index < -0.39 is 0 Å². The Morgan fingerprint density at radius 1 is 1.28 bits per heavy atom. The van der Waals surface area contributed by atoms with Crippen molar-refractivity contribution in [3.05, 3.63) is 30.5 Å². The molecule has 1 aliphatic heterocycles. The molecule has 1 fully saturated rings. The summed E-state index contributed by atoms with van der Waals surface area (Å²) in [5.74, 6) is 1.22. The third-order valence-corrected chi connectivity index (χ3v) is 3.06. The lowest BCUT2D eigenvalue weighted by atomic mass is 10.1. The number of nitrogens with one attached hydrogen (secondary N) is 1. The Morgan fingerprint density at radius 2 is 2.11 bits per heavy atom. The van der Waals surface area contributed by atoms with Crippen molar-refractivity contribution in [1.82, 2.24) is 15.3 Å². The SMILES string of the molecule is Cl.c1ccc2nc(OCC3CCNC3)cnc2c1. The highest BCUT2D eigenvalue weighted by Gasteiger charge is 2.15. The van der Waals surface area contributed by atoms with Gasteiger partial charge in [-0.05, 0) is 25.1 Å². The van der Waals surface area contributed by atoms with Gasteiger partial charge in [0.25, 0.3) is 0 Å². The van der Waals surface area contributed by atoms with Gasteiger partial charge in [-0.15, -0.1) is 12.4 Å². The van der Waals surface area contributed by atoms with Crippen molar-refractivity contribution >= 4 is 23.4 Å². The molecule has 0 radical (unpaired) electrons. The Bertz CT molecular complexity index is 514. The summed E-state index contributed by atoms with van der Waals surface area (Å²) in [6, 6.07) is 7.82. The fourth-order valence-corrected chi connectivity index (χ4v) is 2.07. The molecule has 0 bridgehead atoms. The summed E-state index contributed by atoms with van der Waals surface area (Å²) in [6.45, 7) is 2.86. The van der Waals surface area contributed by atoms with Gasteiger partial charge in [0.05, 0.1) is 23.8 Å². The molecule has 3 rings (SSSR count). The van der Waals surface area contributed by atoms with Crippen LogP contribution in [0.15, 0.2) is 30.5 Å². The number of aromatic nitrogens is 2. The average Bonchev–Trinajstić information content (AvgIpc) is 2.89. The van der Waals surface area contributed by atoms with Crippen molar-refractivity contribution in [3.63, 3.8) is 0 Å². The molecule has 2 aromatic rings. The molecule has 1 aliphatic rings. The van der Waals surface area contributed by atoms with Gasteiger partial charge in [0.15, 0.2) is 0 Å². The zero-order valence-corrected chi connectivity index (χ0v) is 10.8. The molecule has 0 aliphatic carbocycles. The first-order valence-electron chi connectivity index (χ1n) is 5.97. The molecular formula is C13H16ClN3O. The standard InChI is InChI=1S/C13H15N3O.ClH/c1-2-4-12-11(3-1)15-8-13(16-12)17-9-10-5-6-14-7-10;/h1-4,8,10,14H,5-7,9H2;1H. The normalized spacial score (nSPS) is 18.6. The second-order valence-corrected chi connectivity index (χ2v) is 4.37. The van der Waals surface area contributed by atoms with Crippen LogP contribution in [0.3, 0.4) is 0 Å². The van der Waals surface area contributed by atoms with Crippen molar-refractivity contribution < 1.29 is 4.74 Å². The Labute approximate surface area is 112 Å². The topological polar surface area (TPSA) is 47.0 Å². The molecule has 1 unspecified atom stereocenters. The highest BCUT2D eigenvalue weighted by atomic mass is 35.5. The van der Waals surface area contributed by atoms with Gasteiger partial charge in [-0.2, -0.15) is 0 Å². The summed E-state index contributed by atoms with van der Waals surface area (Å²) in [6.07, 6.45) is 2.88. The molecule has 2 heterocycles. The molecule has 1 atom stereocenters. The maximum Gasteiger partial charge on any atom is 0.232 e. The molecule has 1 aromatic carbocycles. The van der Waals surface area contributed by atoms with Crippen LogP contribution in [0.1, 0.15) is 6.42 Å². The Morgan fingerprint density at radius 3 is 2.89 bits per heavy atom. The molecule has 0 spiro atoms. The quantitative estimate of drug-likeness (QED) is 0.923. The van der Waals surface area contributed by atoms with Gasteiger partial charge < -0.3 is 10.1 Å². The van der Waals surface area contributed by atoms with Gasteiger partial charge in [0, 0.05) is 12.5 Å². The van der Waals surface area contributed by atoms with Crippen LogP contribution in [0, 0.1) is 5.92 Å². The lowest BCUT2D eigenvalue weighted by Crippen LogP contribution is -2.15. The summed E-state index contributed by atoms with van der Waals surface area (Å²) in [4.78, 5) is 8.75. The summed E-state index contributed by atoms with van der Waals surface area (Å²) in [7, 11) is 0. The predicted octanol–water partition coefficient (Wildman–Crippen LogP) is 2.04. The highest BCUT2D eigenvalue weighted by Crippen LogP contribution is 2.15. The summed E-state index contributed by atoms with van der Waals surface area (Å²) < 4.78 is 5.68. The van der Waals surface area contributed by atoms with Crippen LogP contribution in [0.5, 0.6) is 5.88 Å². The molecule has 96 valence electrons. The van der Waals surface area contributed by atoms with Crippen LogP contribution in [0.25, 0.3) is 11.0 Å². The van der Waals surface area contributed by atoms with Crippen LogP contribution in [0.4, 0.5) is 0 Å². The monoisotopic (exact) mass is 265 g/mol. The molecule has 4 nitrogen and oxygen atoms in total. The fraction of sp³-hybridized carbons (Fsp3) is 0.385. The molecule has 0 amide bonds. The largest absolute Gasteiger partial charge is 0.476 e. The number of ether oxygens (including phenoxy) is 1. The first kappa shape index (κ1) is 13.1. The number of hydrogen-bond acceptors (Lipinski definition) is 4. The molecule has 1 aromatic heterocycles. The maximum atomic E-state index is 5.68. The second kappa shape index (κ2) is 5.98. The third-order valence-electron chi connectivity index (χ3n) is 3.06. The van der Waals surface area contributed by atoms with Gasteiger partial charge in [-0.25, -0.2) is 9.97 Å². The highest BCUT2D eigenvalue weighted by molar-refractivity contribution is 5.85. The molecular weight excluding hydrogens is 250 g/mol. The minimum absolute atomic E-state index is 0. The Balaban J connectivity index is 0.00000120. The van der Waals surface area contributed by atoms with Crippen LogP contribution in [0.2, 0.25) is 0 Å². The fourth-order valence-electron chi connectivity index (χ4n) is 2.07. The van der Waals surface area contributed by atoms with Crippen LogP contribution >= 0.6 is 12.4 Å². The van der Waals surface area contributed by atoms with Crippen LogP contribution in [-0.2, 0) is 0 Å². The van der Waals surface area contributed by atoms with Gasteiger partial charge >= 0.3 is 0 Å². The lowest BCUT2D eigenvalue weighted by molar-refractivity contribution is 0.251. The van der Waals surface area contributed by atoms with E-state index in [1.165, 1.54) is 6.42 Å². The molecule has 1 saturated heterocycles. The number of para-hydroxylation sites is 2. The number of hydrogen-bond donors (Lipinski definition) is 1. The van der Waals surface area contributed by atoms with E-state index in [4.69, 9.17) is 4.74 Å². The molecule has 18 heavy (non-hydrogen) atoms. The number of halogens is 1. The molecule has 1 N–H and O–H groups in total. The van der Waals surface area contributed by atoms with Gasteiger partial charge in [-0.3, -0.25) is 0 Å². The maximum absolute atomic E-state index is 5.68. The zero-order chi connectivity index (χ0) is 11.5. The van der Waals surface area contributed by atoms with Gasteiger partial charge in [-0.1, -0.05) is 12.1 Å².